The molecule has 5 aliphatic rings. The van der Waals surface area contributed by atoms with E-state index in [4.69, 9.17) is 31.0 Å². The minimum atomic E-state index is -1.12. The highest BCUT2D eigenvalue weighted by molar-refractivity contribution is 6.32. The maximum atomic E-state index is 14.3. The second-order valence-electron chi connectivity index (χ2n) is 18.2. The third-order valence-electron chi connectivity index (χ3n) is 14.0. The highest BCUT2D eigenvalue weighted by Crippen LogP contribution is 2.55. The lowest BCUT2D eigenvalue weighted by Gasteiger charge is -2.35. The van der Waals surface area contributed by atoms with Crippen molar-refractivity contribution >= 4 is 57.4 Å². The molecule has 10 rings (SSSR count). The molecule has 0 spiro atoms. The summed E-state index contributed by atoms with van der Waals surface area (Å²) >= 11 is 6.88. The average molecular weight is 863 g/mol. The second kappa shape index (κ2) is 15.6. The zero-order chi connectivity index (χ0) is 43.1. The number of amides is 4. The SMILES string of the molecule is COC(=O)N[C@H](C(=O)N1[C@@H]2C[C@@H]2C[C@H]1c1nc(-c2ccc3cc(-c4ccc5nc([C@@H]6C[C@H]7C[C@H]7N6C(=O)[C@H](C(C)C)N(C)C(=O)O)[nH]c5c4)ccc3c2)c(Cl)[nH]1)C1CCOCC1. The van der Waals surface area contributed by atoms with Gasteiger partial charge in [0.15, 0.2) is 0 Å². The molecule has 2 aromatic heterocycles. The van der Waals surface area contributed by atoms with Crippen molar-refractivity contribution in [1.82, 2.24) is 40.0 Å². The Labute approximate surface area is 363 Å². The van der Waals surface area contributed by atoms with Crippen molar-refractivity contribution in [3.05, 3.63) is 71.4 Å². The van der Waals surface area contributed by atoms with Crippen molar-refractivity contribution in [1.29, 1.82) is 0 Å². The number of aromatic nitrogens is 4. The number of hydrogen-bond acceptors (Lipinski definition) is 8. The number of hydrogen-bond donors (Lipinski definition) is 4. The van der Waals surface area contributed by atoms with Crippen molar-refractivity contribution in [2.24, 2.45) is 23.7 Å². The van der Waals surface area contributed by atoms with Gasteiger partial charge in [0.1, 0.15) is 34.6 Å². The van der Waals surface area contributed by atoms with Crippen LogP contribution in [0.15, 0.2) is 54.6 Å². The van der Waals surface area contributed by atoms with Gasteiger partial charge in [0.05, 0.1) is 30.2 Å². The quantitative estimate of drug-likeness (QED) is 0.110. The number of alkyl carbamates (subject to hydrolysis) is 1. The second-order valence-corrected chi connectivity index (χ2v) is 18.6. The van der Waals surface area contributed by atoms with Crippen LogP contribution < -0.4 is 5.32 Å². The van der Waals surface area contributed by atoms with Crippen LogP contribution in [0.4, 0.5) is 9.59 Å². The molecule has 16 heteroatoms. The van der Waals surface area contributed by atoms with Crippen LogP contribution in [-0.4, -0.2) is 115 Å². The van der Waals surface area contributed by atoms with Gasteiger partial charge in [-0.05, 0) is 108 Å². The molecule has 5 aromatic rings. The third kappa shape index (κ3) is 7.12. The lowest BCUT2D eigenvalue weighted by atomic mass is 9.90. The molecular weight excluding hydrogens is 812 g/mol. The molecule has 15 nitrogen and oxygen atoms in total. The number of imidazole rings is 2. The van der Waals surface area contributed by atoms with E-state index in [0.29, 0.717) is 54.6 Å². The lowest BCUT2D eigenvalue weighted by Crippen LogP contribution is -2.54. The Morgan fingerprint density at radius 2 is 1.44 bits per heavy atom. The molecule has 62 heavy (non-hydrogen) atoms. The Morgan fingerprint density at radius 3 is 2.08 bits per heavy atom. The number of methoxy groups -OCH3 is 1. The van der Waals surface area contributed by atoms with Gasteiger partial charge in [-0.2, -0.15) is 0 Å². The van der Waals surface area contributed by atoms with Crippen molar-refractivity contribution in [3.8, 4) is 22.4 Å². The number of carbonyl (C=O) groups is 4. The maximum Gasteiger partial charge on any atom is 0.407 e. The first kappa shape index (κ1) is 40.4. The molecule has 3 saturated heterocycles. The molecular formula is C46H51ClN8O7. The molecule has 4 N–H and O–H groups in total. The van der Waals surface area contributed by atoms with Gasteiger partial charge in [-0.3, -0.25) is 14.5 Å². The fourth-order valence-corrected chi connectivity index (χ4v) is 10.9. The first-order valence-corrected chi connectivity index (χ1v) is 22.1. The van der Waals surface area contributed by atoms with E-state index in [1.807, 2.05) is 35.8 Å². The molecule has 4 amide bonds. The zero-order valence-corrected chi connectivity index (χ0v) is 35.9. The van der Waals surface area contributed by atoms with Gasteiger partial charge in [0, 0.05) is 37.9 Å². The van der Waals surface area contributed by atoms with E-state index in [1.165, 1.54) is 14.2 Å². The van der Waals surface area contributed by atoms with Crippen molar-refractivity contribution in [3.63, 3.8) is 0 Å². The Hall–Kier alpha value is -5.67. The molecule has 0 radical (unpaired) electrons. The minimum absolute atomic E-state index is 0.0550. The first-order valence-electron chi connectivity index (χ1n) is 21.7. The van der Waals surface area contributed by atoms with Gasteiger partial charge in [-0.15, -0.1) is 0 Å². The standard InChI is InChI=1S/C46H51ClN8O7/c1-22(2)39(53(3)46(59)60)44(57)55-34-19-30(34)20-35(55)41-48-31-10-9-27(17-32(31)49-41)25-5-6-26-16-28(8-7-24(26)15-25)37-40(47)52-42(50-37)36-21-29-18-33(29)54(36)43(56)38(51-45(58)61-4)23-11-13-62-14-12-23/h5-10,15-17,22-23,29-30,33-36,38-39H,11-14,18-21H2,1-4H3,(H,48,49)(H,50,52)(H,51,58)(H,59,60)/t29-,30-,33-,34-,35+,36+,38+,39+/m1/s1. The number of likely N-dealkylation sites (tertiary alicyclic amines) is 2. The van der Waals surface area contributed by atoms with Gasteiger partial charge in [-0.1, -0.05) is 55.8 Å². The number of aromatic amines is 2. The first-order chi connectivity index (χ1) is 29.9. The van der Waals surface area contributed by atoms with Gasteiger partial charge in [0.2, 0.25) is 11.8 Å². The summed E-state index contributed by atoms with van der Waals surface area (Å²) in [6.45, 7) is 4.85. The summed E-state index contributed by atoms with van der Waals surface area (Å²) in [5, 5.41) is 15.0. The summed E-state index contributed by atoms with van der Waals surface area (Å²) in [4.78, 5) is 74.3. The van der Waals surface area contributed by atoms with Crippen LogP contribution in [0.5, 0.6) is 0 Å². The number of nitrogens with one attached hydrogen (secondary N) is 3. The van der Waals surface area contributed by atoms with E-state index in [2.05, 4.69) is 57.7 Å². The van der Waals surface area contributed by atoms with E-state index in [-0.39, 0.29) is 47.8 Å². The van der Waals surface area contributed by atoms with E-state index >= 15 is 0 Å². The molecule has 3 aromatic carbocycles. The summed E-state index contributed by atoms with van der Waals surface area (Å²) < 4.78 is 10.5. The number of H-pyrrole nitrogens is 2. The largest absolute Gasteiger partial charge is 0.465 e. The van der Waals surface area contributed by atoms with Crippen LogP contribution in [-0.2, 0) is 19.1 Å². The number of benzene rings is 3. The van der Waals surface area contributed by atoms with Gasteiger partial charge in [-0.25, -0.2) is 19.6 Å². The van der Waals surface area contributed by atoms with Crippen LogP contribution in [0.2, 0.25) is 5.15 Å². The lowest BCUT2D eigenvalue weighted by molar-refractivity contribution is -0.140. The van der Waals surface area contributed by atoms with Crippen LogP contribution in [0.25, 0.3) is 44.2 Å². The van der Waals surface area contributed by atoms with Gasteiger partial charge in [0.25, 0.3) is 0 Å². The number of likely N-dealkylation sites (N-methyl/N-ethyl adjacent to an activating group) is 1. The summed E-state index contributed by atoms with van der Waals surface area (Å²) in [5.74, 6) is 1.63. The normalized spacial score (nSPS) is 25.1. The van der Waals surface area contributed by atoms with Crippen LogP contribution in [0, 0.1) is 23.7 Å². The van der Waals surface area contributed by atoms with E-state index in [1.54, 1.807) is 0 Å². The predicted molar refractivity (Wildman–Crippen MR) is 231 cm³/mol. The van der Waals surface area contributed by atoms with E-state index < -0.39 is 24.3 Å². The smallest absolute Gasteiger partial charge is 0.407 e. The zero-order valence-electron chi connectivity index (χ0n) is 35.1. The molecule has 2 aliphatic carbocycles. The van der Waals surface area contributed by atoms with Crippen LogP contribution in [0.1, 0.15) is 76.1 Å². The van der Waals surface area contributed by atoms with Crippen molar-refractivity contribution in [2.75, 3.05) is 27.4 Å². The topological polar surface area (TPSA) is 186 Å². The summed E-state index contributed by atoms with van der Waals surface area (Å²) in [5.41, 5.74) is 5.18. The number of halogens is 1. The predicted octanol–water partition coefficient (Wildman–Crippen LogP) is 7.54. The summed E-state index contributed by atoms with van der Waals surface area (Å²) in [7, 11) is 2.77. The molecule has 2 saturated carbocycles. The molecule has 5 fully saturated rings. The Balaban J connectivity index is 0.876. The third-order valence-corrected chi connectivity index (χ3v) is 14.3. The molecule has 3 aliphatic heterocycles. The number of ether oxygens (including phenoxy) is 2. The Kier molecular flexibility index (Phi) is 10.2. The van der Waals surface area contributed by atoms with Crippen molar-refractivity contribution in [2.45, 2.75) is 88.6 Å². The van der Waals surface area contributed by atoms with E-state index in [9.17, 15) is 24.3 Å². The summed E-state index contributed by atoms with van der Waals surface area (Å²) in [6, 6.07) is 16.8. The Morgan fingerprint density at radius 1 is 0.839 bits per heavy atom. The van der Waals surface area contributed by atoms with Crippen LogP contribution >= 0.6 is 11.6 Å². The van der Waals surface area contributed by atoms with Crippen molar-refractivity contribution < 1.29 is 33.8 Å². The fraction of sp³-hybridized carbons (Fsp3) is 0.478. The summed E-state index contributed by atoms with van der Waals surface area (Å²) in [6.07, 6.45) is 3.05. The van der Waals surface area contributed by atoms with Gasteiger partial charge < -0.3 is 39.7 Å². The Bertz CT molecular complexity index is 2600. The molecule has 0 bridgehead atoms. The monoisotopic (exact) mass is 862 g/mol. The highest BCUT2D eigenvalue weighted by Gasteiger charge is 2.58. The van der Waals surface area contributed by atoms with E-state index in [0.717, 1.165) is 74.9 Å². The minimum Gasteiger partial charge on any atom is -0.465 e. The van der Waals surface area contributed by atoms with Crippen LogP contribution in [0.3, 0.4) is 0 Å². The highest BCUT2D eigenvalue weighted by atomic mass is 35.5. The number of rotatable bonds is 10. The molecule has 0 unspecified atom stereocenters. The number of nitrogens with zero attached hydrogens (tertiary/aromatic N) is 5. The number of carboxylic acid groups (broad SMARTS) is 1. The molecule has 324 valence electrons. The number of piperidine rings is 2. The average Bonchev–Trinajstić information content (AvgIpc) is 3.95. The number of fused-ring (bicyclic) bond motifs is 4. The number of carbonyl (C=O) groups excluding carboxylic acids is 3. The molecule has 5 heterocycles. The van der Waals surface area contributed by atoms with Gasteiger partial charge >= 0.3 is 12.2 Å². The maximum absolute atomic E-state index is 14.3. The molecule has 8 atom stereocenters. The fourth-order valence-electron chi connectivity index (χ4n) is 10.6.